The number of ether oxygens (including phenoxy) is 1. The molecule has 2 heterocycles. The van der Waals surface area contributed by atoms with Gasteiger partial charge >= 0.3 is 18.0 Å². The molecule has 0 aromatic heterocycles. The Morgan fingerprint density at radius 2 is 1.48 bits per heavy atom. The van der Waals surface area contributed by atoms with E-state index in [-0.39, 0.29) is 31.8 Å². The van der Waals surface area contributed by atoms with Crippen LogP contribution in [-0.2, 0) is 11.2 Å². The topological polar surface area (TPSA) is 111 Å². The molecule has 222 valence electrons. The number of anilines is 4. The van der Waals surface area contributed by atoms with Gasteiger partial charge in [-0.15, -0.1) is 0 Å². The fourth-order valence-electron chi connectivity index (χ4n) is 5.80. The van der Waals surface area contributed by atoms with Crippen molar-refractivity contribution >= 4 is 46.6 Å². The molecule has 0 bridgehead atoms. The summed E-state index contributed by atoms with van der Waals surface area (Å²) in [5.74, 6) is -0.904. The Morgan fingerprint density at radius 3 is 2.23 bits per heavy atom. The van der Waals surface area contributed by atoms with E-state index < -0.39 is 24.1 Å². The van der Waals surface area contributed by atoms with Gasteiger partial charge in [0, 0.05) is 25.1 Å². The molecular formula is C34H30N4O6. The van der Waals surface area contributed by atoms with E-state index in [1.54, 1.807) is 84.9 Å². The molecule has 0 unspecified atom stereocenters. The SMILES string of the molecule is COc1ccccc1N(C(=O)N1CCN(C(=O)N2c3ccccc3CC(=O)c3ccccc32)[C@H](C(=O)O)C1)c1ccccc1. The van der Waals surface area contributed by atoms with E-state index in [2.05, 4.69) is 0 Å². The predicted octanol–water partition coefficient (Wildman–Crippen LogP) is 5.72. The van der Waals surface area contributed by atoms with Gasteiger partial charge in [-0.3, -0.25) is 14.6 Å². The predicted molar refractivity (Wildman–Crippen MR) is 165 cm³/mol. The van der Waals surface area contributed by atoms with Crippen molar-refractivity contribution in [3.63, 3.8) is 0 Å². The first kappa shape index (κ1) is 28.5. The summed E-state index contributed by atoms with van der Waals surface area (Å²) in [7, 11) is 1.52. The zero-order valence-electron chi connectivity index (χ0n) is 24.0. The van der Waals surface area contributed by atoms with Crippen LogP contribution in [0.3, 0.4) is 0 Å². The van der Waals surface area contributed by atoms with E-state index in [1.165, 1.54) is 26.7 Å². The molecule has 10 nitrogen and oxygen atoms in total. The average molecular weight is 591 g/mol. The zero-order valence-corrected chi connectivity index (χ0v) is 24.0. The quantitative estimate of drug-likeness (QED) is 0.326. The first-order valence-electron chi connectivity index (χ1n) is 14.2. The minimum absolute atomic E-state index is 0.0368. The summed E-state index contributed by atoms with van der Waals surface area (Å²) < 4.78 is 5.55. The number of carbonyl (C=O) groups is 4. The van der Waals surface area contributed by atoms with Crippen LogP contribution in [0.1, 0.15) is 15.9 Å². The first-order chi connectivity index (χ1) is 21.4. The van der Waals surface area contributed by atoms with Crippen LogP contribution in [0.2, 0.25) is 0 Å². The summed E-state index contributed by atoms with van der Waals surface area (Å²) in [6, 6.07) is 27.7. The number of rotatable bonds is 4. The molecule has 4 aromatic carbocycles. The number of ketones is 1. The third kappa shape index (κ3) is 5.11. The molecular weight excluding hydrogens is 560 g/mol. The number of methoxy groups -OCH3 is 1. The second-order valence-corrected chi connectivity index (χ2v) is 10.5. The maximum Gasteiger partial charge on any atom is 0.330 e. The largest absolute Gasteiger partial charge is 0.495 e. The van der Waals surface area contributed by atoms with Gasteiger partial charge in [-0.05, 0) is 48.0 Å². The summed E-state index contributed by atoms with van der Waals surface area (Å²) in [6.07, 6.45) is 0.111. The van der Waals surface area contributed by atoms with Gasteiger partial charge in [0.25, 0.3) is 0 Å². The van der Waals surface area contributed by atoms with Crippen molar-refractivity contribution in [1.29, 1.82) is 0 Å². The van der Waals surface area contributed by atoms with Crippen molar-refractivity contribution in [2.75, 3.05) is 36.5 Å². The molecule has 0 spiro atoms. The number of hydrogen-bond acceptors (Lipinski definition) is 5. The number of piperazine rings is 1. The molecule has 2 aliphatic heterocycles. The monoisotopic (exact) mass is 590 g/mol. The number of hydrogen-bond donors (Lipinski definition) is 1. The molecule has 10 heteroatoms. The highest BCUT2D eigenvalue weighted by atomic mass is 16.5. The third-order valence-electron chi connectivity index (χ3n) is 7.93. The Kier molecular flexibility index (Phi) is 7.72. The van der Waals surface area contributed by atoms with Crippen LogP contribution < -0.4 is 14.5 Å². The summed E-state index contributed by atoms with van der Waals surface area (Å²) >= 11 is 0. The molecule has 44 heavy (non-hydrogen) atoms. The lowest BCUT2D eigenvalue weighted by Gasteiger charge is -2.42. The highest BCUT2D eigenvalue weighted by Crippen LogP contribution is 2.38. The van der Waals surface area contributed by atoms with Crippen LogP contribution in [-0.4, -0.2) is 71.5 Å². The van der Waals surface area contributed by atoms with E-state index in [0.717, 1.165) is 0 Å². The first-order valence-corrected chi connectivity index (χ1v) is 14.2. The minimum atomic E-state index is -1.34. The van der Waals surface area contributed by atoms with Gasteiger partial charge in [0.2, 0.25) is 0 Å². The van der Waals surface area contributed by atoms with Gasteiger partial charge in [0.05, 0.1) is 36.4 Å². The van der Waals surface area contributed by atoms with Gasteiger partial charge < -0.3 is 19.6 Å². The number of amides is 4. The van der Waals surface area contributed by atoms with Crippen molar-refractivity contribution in [3.05, 3.63) is 114 Å². The number of benzene rings is 4. The Bertz CT molecular complexity index is 1740. The maximum absolute atomic E-state index is 14.3. The molecule has 1 atom stereocenters. The van der Waals surface area contributed by atoms with Crippen molar-refractivity contribution in [1.82, 2.24) is 9.80 Å². The van der Waals surface area contributed by atoms with Crippen molar-refractivity contribution in [2.24, 2.45) is 0 Å². The number of urea groups is 2. The van der Waals surface area contributed by atoms with Crippen molar-refractivity contribution in [3.8, 4) is 5.75 Å². The van der Waals surface area contributed by atoms with E-state index >= 15 is 0 Å². The van der Waals surface area contributed by atoms with Crippen LogP contribution in [0, 0.1) is 0 Å². The number of carboxylic acid groups (broad SMARTS) is 1. The van der Waals surface area contributed by atoms with Gasteiger partial charge in [-0.25, -0.2) is 14.4 Å². The third-order valence-corrected chi connectivity index (χ3v) is 7.93. The Morgan fingerprint density at radius 1 is 0.818 bits per heavy atom. The van der Waals surface area contributed by atoms with E-state index in [0.29, 0.717) is 39.6 Å². The van der Waals surface area contributed by atoms with Crippen molar-refractivity contribution in [2.45, 2.75) is 12.5 Å². The average Bonchev–Trinajstić information content (AvgIpc) is 3.18. The summed E-state index contributed by atoms with van der Waals surface area (Å²) in [5, 5.41) is 10.4. The second-order valence-electron chi connectivity index (χ2n) is 10.5. The summed E-state index contributed by atoms with van der Waals surface area (Å²) in [4.78, 5) is 60.0. The lowest BCUT2D eigenvalue weighted by Crippen LogP contribution is -2.62. The molecule has 2 aliphatic rings. The molecule has 1 N–H and O–H groups in total. The van der Waals surface area contributed by atoms with E-state index in [1.807, 2.05) is 18.2 Å². The minimum Gasteiger partial charge on any atom is -0.495 e. The highest BCUT2D eigenvalue weighted by molar-refractivity contribution is 6.12. The Hall–Kier alpha value is -5.64. The van der Waals surface area contributed by atoms with Crippen LogP contribution in [0.25, 0.3) is 0 Å². The maximum atomic E-state index is 14.3. The second kappa shape index (κ2) is 11.9. The van der Waals surface area contributed by atoms with E-state index in [4.69, 9.17) is 4.74 Å². The normalized spacial score (nSPS) is 16.0. The molecule has 1 fully saturated rings. The van der Waals surface area contributed by atoms with Crippen LogP contribution in [0.15, 0.2) is 103 Å². The fraction of sp³-hybridized carbons (Fsp3) is 0.176. The van der Waals surface area contributed by atoms with Gasteiger partial charge in [-0.2, -0.15) is 0 Å². The molecule has 4 amide bonds. The number of para-hydroxylation sites is 5. The summed E-state index contributed by atoms with van der Waals surface area (Å²) in [5.41, 5.74) is 3.03. The highest BCUT2D eigenvalue weighted by Gasteiger charge is 2.42. The Labute approximate surface area is 254 Å². The van der Waals surface area contributed by atoms with Crippen LogP contribution >= 0.6 is 0 Å². The van der Waals surface area contributed by atoms with Gasteiger partial charge in [0.15, 0.2) is 5.78 Å². The molecule has 1 saturated heterocycles. The number of carbonyl (C=O) groups excluding carboxylic acids is 3. The molecule has 0 aliphatic carbocycles. The van der Waals surface area contributed by atoms with E-state index in [9.17, 15) is 24.3 Å². The van der Waals surface area contributed by atoms with Gasteiger partial charge in [-0.1, -0.05) is 60.7 Å². The van der Waals surface area contributed by atoms with Crippen LogP contribution in [0.5, 0.6) is 5.75 Å². The molecule has 6 rings (SSSR count). The number of Topliss-reactive ketones (excluding diaryl/α,β-unsaturated/α-hetero) is 1. The lowest BCUT2D eigenvalue weighted by atomic mass is 10.0. The Balaban J connectivity index is 1.34. The zero-order chi connectivity index (χ0) is 30.8. The molecule has 0 saturated carbocycles. The number of carboxylic acids is 1. The van der Waals surface area contributed by atoms with Crippen molar-refractivity contribution < 1.29 is 29.0 Å². The number of fused-ring (bicyclic) bond motifs is 2. The summed E-state index contributed by atoms with van der Waals surface area (Å²) in [6.45, 7) is -0.192. The molecule has 4 aromatic rings. The fourth-order valence-corrected chi connectivity index (χ4v) is 5.80. The molecule has 0 radical (unpaired) electrons. The number of aliphatic carboxylic acids is 1. The lowest BCUT2D eigenvalue weighted by molar-refractivity contribution is -0.143. The number of nitrogens with zero attached hydrogens (tertiary/aromatic N) is 4. The smallest absolute Gasteiger partial charge is 0.330 e. The standard InChI is InChI=1S/C34H30N4O6/c1-44-31-18-10-9-17-28(31)37(24-12-3-2-4-13-24)33(42)35-19-20-36(29(22-35)32(40)41)34(43)38-26-15-7-5-11-23(26)21-30(39)25-14-6-8-16-27(25)38/h2-18,29H,19-22H2,1H3,(H,40,41)/t29-/m0/s1. The van der Waals surface area contributed by atoms with Gasteiger partial charge in [0.1, 0.15) is 11.8 Å². The van der Waals surface area contributed by atoms with Crippen LogP contribution in [0.4, 0.5) is 32.3 Å².